The van der Waals surface area contributed by atoms with Crippen LogP contribution in [0.5, 0.6) is 0 Å². The summed E-state index contributed by atoms with van der Waals surface area (Å²) in [6.07, 6.45) is 4.58. The molecule has 1 aliphatic rings. The van der Waals surface area contributed by atoms with Crippen molar-refractivity contribution in [2.75, 3.05) is 10.6 Å². The summed E-state index contributed by atoms with van der Waals surface area (Å²) < 4.78 is 0.679. The Labute approximate surface area is 196 Å². The summed E-state index contributed by atoms with van der Waals surface area (Å²) in [5, 5.41) is 17.9. The molecule has 0 aromatic heterocycles. The largest absolute Gasteiger partial charge is 0.480 e. The molecule has 1 aliphatic carbocycles. The average Bonchev–Trinajstić information content (AvgIpc) is 2.75. The number of carbonyl (C=O) groups is 3. The van der Waals surface area contributed by atoms with E-state index in [1.54, 1.807) is 18.2 Å². The maximum absolute atomic E-state index is 13.0. The number of carboxylic acid groups (broad SMARTS) is 1. The average molecular weight is 502 g/mol. The summed E-state index contributed by atoms with van der Waals surface area (Å²) >= 11 is 3.36. The zero-order chi connectivity index (χ0) is 23.3. The third kappa shape index (κ3) is 5.88. The Balaban J connectivity index is 1.78. The lowest BCUT2D eigenvalue weighted by Gasteiger charge is -2.28. The van der Waals surface area contributed by atoms with E-state index < -0.39 is 23.9 Å². The summed E-state index contributed by atoms with van der Waals surface area (Å²) in [6.45, 7) is 3.80. The number of halogens is 1. The summed E-state index contributed by atoms with van der Waals surface area (Å²) in [6, 6.07) is 9.13. The van der Waals surface area contributed by atoms with Crippen molar-refractivity contribution in [2.24, 2.45) is 5.92 Å². The molecule has 1 fully saturated rings. The van der Waals surface area contributed by atoms with E-state index >= 15 is 0 Å². The van der Waals surface area contributed by atoms with E-state index in [1.165, 1.54) is 0 Å². The van der Waals surface area contributed by atoms with Gasteiger partial charge in [0.15, 0.2) is 0 Å². The lowest BCUT2D eigenvalue weighted by Crippen LogP contribution is -2.46. The number of hydrogen-bond acceptors (Lipinski definition) is 3. The van der Waals surface area contributed by atoms with Gasteiger partial charge in [-0.2, -0.15) is 0 Å². The molecular formula is C24H28BrN3O4. The fraction of sp³-hybridized carbons (Fsp3) is 0.375. The molecule has 0 heterocycles. The predicted molar refractivity (Wildman–Crippen MR) is 128 cm³/mol. The highest BCUT2D eigenvalue weighted by atomic mass is 79.9. The number of hydrogen-bond donors (Lipinski definition) is 4. The Morgan fingerprint density at radius 3 is 2.28 bits per heavy atom. The first-order valence-electron chi connectivity index (χ1n) is 10.7. The van der Waals surface area contributed by atoms with Gasteiger partial charge in [-0.15, -0.1) is 0 Å². The van der Waals surface area contributed by atoms with E-state index in [2.05, 4.69) is 31.9 Å². The molecule has 0 saturated heterocycles. The fourth-order valence-electron chi connectivity index (χ4n) is 4.16. The number of carbonyl (C=O) groups excluding carboxylic acids is 2. The monoisotopic (exact) mass is 501 g/mol. The molecule has 3 amide bonds. The number of rotatable bonds is 6. The van der Waals surface area contributed by atoms with Crippen LogP contribution in [0.25, 0.3) is 0 Å². The second-order valence-electron chi connectivity index (χ2n) is 8.22. The number of para-hydroxylation sites is 1. The lowest BCUT2D eigenvalue weighted by molar-refractivity contribution is -0.141. The molecule has 1 saturated carbocycles. The zero-order valence-corrected chi connectivity index (χ0v) is 19.8. The zero-order valence-electron chi connectivity index (χ0n) is 18.2. The van der Waals surface area contributed by atoms with Crippen molar-refractivity contribution in [2.45, 2.75) is 52.0 Å². The van der Waals surface area contributed by atoms with Crippen molar-refractivity contribution < 1.29 is 19.5 Å². The van der Waals surface area contributed by atoms with Crippen LogP contribution in [0.2, 0.25) is 0 Å². The summed E-state index contributed by atoms with van der Waals surface area (Å²) in [5.74, 6) is -1.66. The number of benzene rings is 2. The van der Waals surface area contributed by atoms with Crippen molar-refractivity contribution in [3.8, 4) is 0 Å². The van der Waals surface area contributed by atoms with Crippen LogP contribution < -0.4 is 16.0 Å². The molecule has 0 bridgehead atoms. The van der Waals surface area contributed by atoms with Crippen LogP contribution in [0.1, 0.15) is 53.6 Å². The second-order valence-corrected chi connectivity index (χ2v) is 9.14. The van der Waals surface area contributed by atoms with Crippen LogP contribution >= 0.6 is 15.9 Å². The molecule has 2 aromatic carbocycles. The molecule has 8 heteroatoms. The van der Waals surface area contributed by atoms with Crippen molar-refractivity contribution in [1.82, 2.24) is 5.32 Å². The van der Waals surface area contributed by atoms with Gasteiger partial charge in [0.25, 0.3) is 5.91 Å². The van der Waals surface area contributed by atoms with Crippen LogP contribution in [0, 0.1) is 19.8 Å². The van der Waals surface area contributed by atoms with Gasteiger partial charge in [-0.05, 0) is 61.9 Å². The van der Waals surface area contributed by atoms with E-state index in [9.17, 15) is 19.5 Å². The number of anilines is 2. The quantitative estimate of drug-likeness (QED) is 0.420. The predicted octanol–water partition coefficient (Wildman–Crippen LogP) is 5.47. The first-order valence-corrected chi connectivity index (χ1v) is 11.5. The Morgan fingerprint density at radius 2 is 1.66 bits per heavy atom. The number of aryl methyl sites for hydroxylation is 2. The maximum atomic E-state index is 13.0. The van der Waals surface area contributed by atoms with E-state index in [1.807, 2.05) is 32.0 Å². The summed E-state index contributed by atoms with van der Waals surface area (Å²) in [5.41, 5.74) is 3.03. The van der Waals surface area contributed by atoms with Gasteiger partial charge in [-0.3, -0.25) is 4.79 Å². The highest BCUT2D eigenvalue weighted by molar-refractivity contribution is 9.10. The molecule has 170 valence electrons. The molecule has 0 radical (unpaired) electrons. The van der Waals surface area contributed by atoms with Gasteiger partial charge in [0.2, 0.25) is 0 Å². The van der Waals surface area contributed by atoms with Crippen molar-refractivity contribution in [3.63, 3.8) is 0 Å². The minimum absolute atomic E-state index is 0.0932. The smallest absolute Gasteiger partial charge is 0.326 e. The van der Waals surface area contributed by atoms with Crippen LogP contribution in [-0.2, 0) is 4.79 Å². The number of amides is 3. The minimum Gasteiger partial charge on any atom is -0.480 e. The third-order valence-electron chi connectivity index (χ3n) is 5.87. The standard InChI is InChI=1S/C24H28BrN3O4/c1-14-7-6-8-15(2)20(14)28-24(32)26-19-13-17(25)11-12-18(19)22(29)27-21(23(30)31)16-9-4-3-5-10-16/h6-8,11-13,16,21H,3-5,9-10H2,1-2H3,(H,27,29)(H,30,31)(H2,26,28,32)/t21-/m0/s1. The van der Waals surface area contributed by atoms with E-state index in [0.29, 0.717) is 10.2 Å². The number of carboxylic acids is 1. The van der Waals surface area contributed by atoms with Gasteiger partial charge in [0, 0.05) is 10.2 Å². The van der Waals surface area contributed by atoms with E-state index in [4.69, 9.17) is 0 Å². The fourth-order valence-corrected chi connectivity index (χ4v) is 4.53. The van der Waals surface area contributed by atoms with Crippen molar-refractivity contribution in [1.29, 1.82) is 0 Å². The van der Waals surface area contributed by atoms with Gasteiger partial charge >= 0.3 is 12.0 Å². The Kier molecular flexibility index (Phi) is 7.90. The highest BCUT2D eigenvalue weighted by Gasteiger charge is 2.31. The Hall–Kier alpha value is -2.87. The maximum Gasteiger partial charge on any atom is 0.326 e. The minimum atomic E-state index is -1.04. The van der Waals surface area contributed by atoms with E-state index in [-0.39, 0.29) is 17.2 Å². The van der Waals surface area contributed by atoms with Crippen LogP contribution in [0.15, 0.2) is 40.9 Å². The van der Waals surface area contributed by atoms with Crippen LogP contribution in [0.4, 0.5) is 16.2 Å². The first-order chi connectivity index (χ1) is 15.3. The molecule has 7 nitrogen and oxygen atoms in total. The van der Waals surface area contributed by atoms with Gasteiger partial charge in [0.05, 0.1) is 11.3 Å². The second kappa shape index (κ2) is 10.6. The molecule has 32 heavy (non-hydrogen) atoms. The van der Waals surface area contributed by atoms with Gasteiger partial charge in [-0.25, -0.2) is 9.59 Å². The number of nitrogens with one attached hydrogen (secondary N) is 3. The normalized spacial score (nSPS) is 15.0. The molecule has 0 aliphatic heterocycles. The molecule has 0 spiro atoms. The topological polar surface area (TPSA) is 108 Å². The SMILES string of the molecule is Cc1cccc(C)c1NC(=O)Nc1cc(Br)ccc1C(=O)N[C@H](C(=O)O)C1CCCCC1. The highest BCUT2D eigenvalue weighted by Crippen LogP contribution is 2.28. The molecule has 3 rings (SSSR count). The molecular weight excluding hydrogens is 474 g/mol. The van der Waals surface area contributed by atoms with Gasteiger partial charge in [-0.1, -0.05) is 53.4 Å². The third-order valence-corrected chi connectivity index (χ3v) is 6.36. The Bertz CT molecular complexity index is 998. The van der Waals surface area contributed by atoms with E-state index in [0.717, 1.165) is 43.2 Å². The summed E-state index contributed by atoms with van der Waals surface area (Å²) in [7, 11) is 0. The van der Waals surface area contributed by atoms with Crippen molar-refractivity contribution >= 4 is 45.2 Å². The number of urea groups is 1. The molecule has 2 aromatic rings. The molecule has 0 unspecified atom stereocenters. The molecule has 1 atom stereocenters. The van der Waals surface area contributed by atoms with Crippen LogP contribution in [0.3, 0.4) is 0 Å². The summed E-state index contributed by atoms with van der Waals surface area (Å²) in [4.78, 5) is 37.6. The number of aliphatic carboxylic acids is 1. The van der Waals surface area contributed by atoms with Gasteiger partial charge < -0.3 is 21.1 Å². The lowest BCUT2D eigenvalue weighted by atomic mass is 9.84. The first kappa shape index (κ1) is 23.8. The van der Waals surface area contributed by atoms with Gasteiger partial charge in [0.1, 0.15) is 6.04 Å². The van der Waals surface area contributed by atoms with Crippen LogP contribution in [-0.4, -0.2) is 29.1 Å². The van der Waals surface area contributed by atoms with Crippen molar-refractivity contribution in [3.05, 3.63) is 57.6 Å². The molecule has 4 N–H and O–H groups in total. The Morgan fingerprint density at radius 1 is 1.00 bits per heavy atom.